The molecule has 3 aromatic rings. The molecule has 3 rings (SSSR count). The van der Waals surface area contributed by atoms with Crippen LogP contribution < -0.4 is 14.9 Å². The second-order valence-corrected chi connectivity index (χ2v) is 6.70. The number of benzene rings is 3. The smallest absolute Gasteiger partial charge is 0.271 e. The van der Waals surface area contributed by atoms with E-state index in [1.165, 1.54) is 37.6 Å². The lowest BCUT2D eigenvalue weighted by atomic mass is 10.2. The number of rotatable bonds is 8. The number of nitro groups is 1. The van der Waals surface area contributed by atoms with Crippen LogP contribution in [0.3, 0.4) is 0 Å². The zero-order valence-electron chi connectivity index (χ0n) is 16.4. The number of non-ortho nitro benzene ring substituents is 1. The van der Waals surface area contributed by atoms with Crippen LogP contribution in [-0.4, -0.2) is 24.2 Å². The van der Waals surface area contributed by atoms with Crippen LogP contribution in [0.5, 0.6) is 11.5 Å². The molecule has 0 aliphatic heterocycles. The molecule has 0 fully saturated rings. The lowest BCUT2D eigenvalue weighted by Gasteiger charge is -2.12. The highest BCUT2D eigenvalue weighted by Gasteiger charge is 2.11. The third kappa shape index (κ3) is 5.80. The van der Waals surface area contributed by atoms with E-state index in [1.807, 2.05) is 18.2 Å². The third-order valence-electron chi connectivity index (χ3n) is 4.23. The topological polar surface area (TPSA) is 103 Å². The quantitative estimate of drug-likeness (QED) is 0.314. The Morgan fingerprint density at radius 3 is 2.68 bits per heavy atom. The lowest BCUT2D eigenvalue weighted by molar-refractivity contribution is -0.384. The first-order chi connectivity index (χ1) is 15.0. The number of hydrogen-bond donors (Lipinski definition) is 1. The Bertz CT molecular complexity index is 1130. The van der Waals surface area contributed by atoms with Crippen molar-refractivity contribution in [3.05, 3.63) is 98.6 Å². The molecule has 0 aliphatic rings. The molecule has 0 aromatic heterocycles. The van der Waals surface area contributed by atoms with Crippen LogP contribution in [0.1, 0.15) is 21.5 Å². The summed E-state index contributed by atoms with van der Waals surface area (Å²) < 4.78 is 11.2. The predicted molar refractivity (Wildman–Crippen MR) is 117 cm³/mol. The van der Waals surface area contributed by atoms with Gasteiger partial charge in [-0.05, 0) is 35.9 Å². The molecule has 0 saturated carbocycles. The highest BCUT2D eigenvalue weighted by molar-refractivity contribution is 6.31. The molecule has 3 aromatic carbocycles. The van der Waals surface area contributed by atoms with E-state index in [9.17, 15) is 14.9 Å². The van der Waals surface area contributed by atoms with Crippen molar-refractivity contribution < 1.29 is 19.2 Å². The summed E-state index contributed by atoms with van der Waals surface area (Å²) in [7, 11) is 1.52. The first-order valence-corrected chi connectivity index (χ1v) is 9.48. The number of hydrazone groups is 1. The molecule has 0 saturated heterocycles. The Balaban J connectivity index is 1.64. The number of halogens is 1. The van der Waals surface area contributed by atoms with Crippen molar-refractivity contribution in [2.45, 2.75) is 6.61 Å². The van der Waals surface area contributed by atoms with Gasteiger partial charge in [0, 0.05) is 28.3 Å². The van der Waals surface area contributed by atoms with Crippen LogP contribution in [0.15, 0.2) is 71.8 Å². The molecule has 0 spiro atoms. The molecule has 0 atom stereocenters. The van der Waals surface area contributed by atoms with Gasteiger partial charge in [0.15, 0.2) is 11.5 Å². The second-order valence-electron chi connectivity index (χ2n) is 6.30. The lowest BCUT2D eigenvalue weighted by Crippen LogP contribution is -2.17. The number of ether oxygens (including phenoxy) is 2. The van der Waals surface area contributed by atoms with E-state index >= 15 is 0 Å². The Labute approximate surface area is 183 Å². The number of nitrogens with zero attached hydrogens (tertiary/aromatic N) is 2. The fraction of sp³-hybridized carbons (Fsp3) is 0.0909. The summed E-state index contributed by atoms with van der Waals surface area (Å²) >= 11 is 6.14. The van der Waals surface area contributed by atoms with Gasteiger partial charge >= 0.3 is 0 Å². The zero-order chi connectivity index (χ0) is 22.2. The number of carbonyl (C=O) groups is 1. The maximum absolute atomic E-state index is 12.1. The summed E-state index contributed by atoms with van der Waals surface area (Å²) in [5.41, 5.74) is 3.80. The van der Waals surface area contributed by atoms with Gasteiger partial charge in [-0.2, -0.15) is 5.10 Å². The monoisotopic (exact) mass is 439 g/mol. The van der Waals surface area contributed by atoms with Crippen molar-refractivity contribution in [2.24, 2.45) is 5.10 Å². The van der Waals surface area contributed by atoms with Gasteiger partial charge in [-0.15, -0.1) is 0 Å². The van der Waals surface area contributed by atoms with Gasteiger partial charge in [0.05, 0.1) is 18.2 Å². The number of hydrogen-bond acceptors (Lipinski definition) is 6. The minimum atomic E-state index is -0.568. The summed E-state index contributed by atoms with van der Waals surface area (Å²) in [5.74, 6) is 0.452. The summed E-state index contributed by atoms with van der Waals surface area (Å²) in [6.45, 7) is 0.280. The molecule has 0 heterocycles. The standard InChI is InChI=1S/C22H18ClN3O5/c1-30-21-11-15(9-10-20(21)31-14-17-5-2-3-8-19(17)23)13-24-25-22(27)16-6-4-7-18(12-16)26(28)29/h2-13H,14H2,1H3,(H,25,27)/b24-13-. The molecule has 8 nitrogen and oxygen atoms in total. The molecule has 158 valence electrons. The average molecular weight is 440 g/mol. The van der Waals surface area contributed by atoms with Gasteiger partial charge in [0.25, 0.3) is 11.6 Å². The molecule has 0 radical (unpaired) electrons. The van der Waals surface area contributed by atoms with E-state index in [0.717, 1.165) is 5.56 Å². The number of carbonyl (C=O) groups excluding carboxylic acids is 1. The molecule has 0 aliphatic carbocycles. The zero-order valence-corrected chi connectivity index (χ0v) is 17.2. The number of nitrogens with one attached hydrogen (secondary N) is 1. The predicted octanol–water partition coefficient (Wildman–Crippen LogP) is 4.60. The molecule has 1 N–H and O–H groups in total. The highest BCUT2D eigenvalue weighted by Crippen LogP contribution is 2.29. The molecule has 0 bridgehead atoms. The van der Waals surface area contributed by atoms with E-state index in [1.54, 1.807) is 24.3 Å². The van der Waals surface area contributed by atoms with Crippen molar-refractivity contribution in [2.75, 3.05) is 7.11 Å². The fourth-order valence-corrected chi connectivity index (χ4v) is 2.84. The van der Waals surface area contributed by atoms with Crippen molar-refractivity contribution in [3.8, 4) is 11.5 Å². The van der Waals surface area contributed by atoms with Gasteiger partial charge in [-0.1, -0.05) is 35.9 Å². The number of nitro benzene ring substituents is 1. The van der Waals surface area contributed by atoms with Crippen LogP contribution >= 0.6 is 11.6 Å². The maximum atomic E-state index is 12.1. The van der Waals surface area contributed by atoms with Crippen molar-refractivity contribution in [3.63, 3.8) is 0 Å². The highest BCUT2D eigenvalue weighted by atomic mass is 35.5. The van der Waals surface area contributed by atoms with E-state index in [2.05, 4.69) is 10.5 Å². The Hall–Kier alpha value is -3.91. The van der Waals surface area contributed by atoms with Gasteiger partial charge in [-0.25, -0.2) is 5.43 Å². The fourth-order valence-electron chi connectivity index (χ4n) is 2.65. The number of methoxy groups -OCH3 is 1. The summed E-state index contributed by atoms with van der Waals surface area (Å²) in [4.78, 5) is 22.4. The van der Waals surface area contributed by atoms with Gasteiger partial charge < -0.3 is 9.47 Å². The summed E-state index contributed by atoms with van der Waals surface area (Å²) in [6.07, 6.45) is 1.43. The summed E-state index contributed by atoms with van der Waals surface area (Å²) in [5, 5.41) is 15.3. The van der Waals surface area contributed by atoms with Crippen molar-refractivity contribution >= 4 is 29.4 Å². The van der Waals surface area contributed by atoms with E-state index in [4.69, 9.17) is 21.1 Å². The normalized spacial score (nSPS) is 10.6. The second kappa shape index (κ2) is 10.2. The van der Waals surface area contributed by atoms with Crippen molar-refractivity contribution in [1.29, 1.82) is 0 Å². The third-order valence-corrected chi connectivity index (χ3v) is 4.60. The minimum absolute atomic E-state index is 0.132. The molecule has 9 heteroatoms. The minimum Gasteiger partial charge on any atom is -0.493 e. The van der Waals surface area contributed by atoms with Crippen molar-refractivity contribution in [1.82, 2.24) is 5.43 Å². The molecule has 31 heavy (non-hydrogen) atoms. The van der Waals surface area contributed by atoms with Crippen LogP contribution in [0.4, 0.5) is 5.69 Å². The van der Waals surface area contributed by atoms with Crippen LogP contribution in [0.25, 0.3) is 0 Å². The van der Waals surface area contributed by atoms with Crippen LogP contribution in [0.2, 0.25) is 5.02 Å². The van der Waals surface area contributed by atoms with Gasteiger partial charge in [-0.3, -0.25) is 14.9 Å². The first kappa shape index (κ1) is 21.8. The molecule has 1 amide bonds. The van der Waals surface area contributed by atoms with Gasteiger partial charge in [0.2, 0.25) is 0 Å². The largest absolute Gasteiger partial charge is 0.493 e. The summed E-state index contributed by atoms with van der Waals surface area (Å²) in [6, 6.07) is 17.9. The molecular formula is C22H18ClN3O5. The van der Waals surface area contributed by atoms with Crippen LogP contribution in [0, 0.1) is 10.1 Å². The van der Waals surface area contributed by atoms with E-state index in [0.29, 0.717) is 22.1 Å². The van der Waals surface area contributed by atoms with Crippen LogP contribution in [-0.2, 0) is 6.61 Å². The Morgan fingerprint density at radius 1 is 1.13 bits per heavy atom. The SMILES string of the molecule is COc1cc(/C=N\NC(=O)c2cccc([N+](=O)[O-])c2)ccc1OCc1ccccc1Cl. The van der Waals surface area contributed by atoms with E-state index < -0.39 is 10.8 Å². The number of amides is 1. The maximum Gasteiger partial charge on any atom is 0.271 e. The molecule has 0 unspecified atom stereocenters. The Morgan fingerprint density at radius 2 is 1.94 bits per heavy atom. The Kier molecular flexibility index (Phi) is 7.18. The van der Waals surface area contributed by atoms with E-state index in [-0.39, 0.29) is 17.9 Å². The van der Waals surface area contributed by atoms with Gasteiger partial charge in [0.1, 0.15) is 6.61 Å². The molecular weight excluding hydrogens is 422 g/mol. The first-order valence-electron chi connectivity index (χ1n) is 9.10. The average Bonchev–Trinajstić information content (AvgIpc) is 2.79.